The predicted molar refractivity (Wildman–Crippen MR) is 115 cm³/mol. The number of thiophene rings is 1. The van der Waals surface area contributed by atoms with Crippen molar-refractivity contribution in [2.75, 3.05) is 5.32 Å². The monoisotopic (exact) mass is 442 g/mol. The Bertz CT molecular complexity index is 1100. The maximum Gasteiger partial charge on any atom is 0.293 e. The first-order valence-corrected chi connectivity index (χ1v) is 11.0. The van der Waals surface area contributed by atoms with E-state index in [9.17, 15) is 14.4 Å². The number of hydrogen-bond donors (Lipinski definition) is 1. The number of carbonyl (C=O) groups is 3. The van der Waals surface area contributed by atoms with Gasteiger partial charge in [-0.3, -0.25) is 19.3 Å². The Hall–Kier alpha value is -2.82. The summed E-state index contributed by atoms with van der Waals surface area (Å²) in [5, 5.41) is 12.7. The van der Waals surface area contributed by atoms with Gasteiger partial charge in [-0.25, -0.2) is 0 Å². The van der Waals surface area contributed by atoms with Crippen LogP contribution in [0.4, 0.5) is 10.5 Å². The van der Waals surface area contributed by atoms with E-state index >= 15 is 0 Å². The fourth-order valence-electron chi connectivity index (χ4n) is 2.50. The number of imide groups is 1. The van der Waals surface area contributed by atoms with Crippen LogP contribution in [-0.2, 0) is 11.3 Å². The van der Waals surface area contributed by atoms with Gasteiger partial charge < -0.3 is 5.32 Å². The summed E-state index contributed by atoms with van der Waals surface area (Å²) in [5.41, 5.74) is 1.74. The number of aromatic nitrogens is 2. The third-order valence-corrected chi connectivity index (χ3v) is 6.59. The highest BCUT2D eigenvalue weighted by atomic mass is 32.2. The van der Waals surface area contributed by atoms with Gasteiger partial charge in [-0.05, 0) is 48.3 Å². The molecule has 0 spiro atoms. The second-order valence-electron chi connectivity index (χ2n) is 6.10. The molecule has 146 valence electrons. The Morgan fingerprint density at radius 3 is 2.69 bits per heavy atom. The van der Waals surface area contributed by atoms with Crippen LogP contribution in [0.1, 0.15) is 25.3 Å². The van der Waals surface area contributed by atoms with Gasteiger partial charge in [0.05, 0.1) is 11.4 Å². The van der Waals surface area contributed by atoms with Crippen molar-refractivity contribution in [2.45, 2.75) is 13.5 Å². The van der Waals surface area contributed by atoms with Gasteiger partial charge in [0, 0.05) is 10.6 Å². The van der Waals surface area contributed by atoms with Gasteiger partial charge >= 0.3 is 0 Å². The van der Waals surface area contributed by atoms with Crippen molar-refractivity contribution < 1.29 is 14.4 Å². The molecule has 29 heavy (non-hydrogen) atoms. The molecule has 0 unspecified atom stereocenters. The fraction of sp³-hybridized carbons (Fsp3) is 0.105. The van der Waals surface area contributed by atoms with E-state index in [1.54, 1.807) is 18.2 Å². The van der Waals surface area contributed by atoms with Crippen LogP contribution in [0.15, 0.2) is 46.7 Å². The standard InChI is InChI=1S/C19H14N4O3S3/c1-11-4-6-12(7-5-11)20-16(24)17-22-21-15(29-17)10-23-18(25)14(28-19(23)26)9-13-3-2-8-27-13/h2-9H,10H2,1H3,(H,20,24)/b14-9+. The van der Waals surface area contributed by atoms with Gasteiger partial charge in [0.15, 0.2) is 0 Å². The van der Waals surface area contributed by atoms with E-state index in [1.165, 1.54) is 11.3 Å². The second-order valence-corrected chi connectivity index (χ2v) is 9.14. The molecular formula is C19H14N4O3S3. The number of nitrogens with one attached hydrogen (secondary N) is 1. The molecule has 1 N–H and O–H groups in total. The van der Waals surface area contributed by atoms with Crippen LogP contribution >= 0.6 is 34.4 Å². The number of carbonyl (C=O) groups excluding carboxylic acids is 3. The van der Waals surface area contributed by atoms with Gasteiger partial charge in [0.25, 0.3) is 17.1 Å². The van der Waals surface area contributed by atoms with Crippen LogP contribution in [0.5, 0.6) is 0 Å². The van der Waals surface area contributed by atoms with Gasteiger partial charge in [-0.2, -0.15) is 0 Å². The minimum absolute atomic E-state index is 0.0120. The predicted octanol–water partition coefficient (Wildman–Crippen LogP) is 4.40. The lowest BCUT2D eigenvalue weighted by Crippen LogP contribution is -2.27. The molecule has 10 heteroatoms. The zero-order valence-corrected chi connectivity index (χ0v) is 17.6. The van der Waals surface area contributed by atoms with Crippen molar-refractivity contribution in [3.05, 3.63) is 67.1 Å². The van der Waals surface area contributed by atoms with Gasteiger partial charge in [0.1, 0.15) is 5.01 Å². The van der Waals surface area contributed by atoms with Crippen LogP contribution in [0.25, 0.3) is 6.08 Å². The quantitative estimate of drug-likeness (QED) is 0.589. The van der Waals surface area contributed by atoms with Gasteiger partial charge in [0.2, 0.25) is 5.01 Å². The molecule has 3 heterocycles. The smallest absolute Gasteiger partial charge is 0.293 e. The molecule has 1 aliphatic rings. The highest BCUT2D eigenvalue weighted by Gasteiger charge is 2.36. The van der Waals surface area contributed by atoms with Crippen LogP contribution in [0.3, 0.4) is 0 Å². The lowest BCUT2D eigenvalue weighted by molar-refractivity contribution is -0.123. The SMILES string of the molecule is Cc1ccc(NC(=O)c2nnc(CN3C(=O)S/C(=C/c4cccs4)C3=O)s2)cc1. The molecule has 0 aliphatic carbocycles. The zero-order chi connectivity index (χ0) is 20.4. The van der Waals surface area contributed by atoms with Gasteiger partial charge in [-0.1, -0.05) is 35.1 Å². The molecule has 0 atom stereocenters. The minimum Gasteiger partial charge on any atom is -0.320 e. The molecule has 1 saturated heterocycles. The highest BCUT2D eigenvalue weighted by molar-refractivity contribution is 8.18. The van der Waals surface area contributed by atoms with Crippen molar-refractivity contribution in [3.63, 3.8) is 0 Å². The minimum atomic E-state index is -0.385. The summed E-state index contributed by atoms with van der Waals surface area (Å²) in [4.78, 5) is 39.5. The topological polar surface area (TPSA) is 92.3 Å². The van der Waals surface area contributed by atoms with Crippen molar-refractivity contribution in [1.82, 2.24) is 15.1 Å². The molecule has 2 aromatic heterocycles. The molecule has 1 fully saturated rings. The van der Waals surface area contributed by atoms with E-state index in [0.29, 0.717) is 15.6 Å². The summed E-state index contributed by atoms with van der Waals surface area (Å²) in [7, 11) is 0. The maximum atomic E-state index is 12.6. The highest BCUT2D eigenvalue weighted by Crippen LogP contribution is 2.34. The Morgan fingerprint density at radius 1 is 1.17 bits per heavy atom. The lowest BCUT2D eigenvalue weighted by atomic mass is 10.2. The summed E-state index contributed by atoms with van der Waals surface area (Å²) in [6.07, 6.45) is 1.70. The normalized spacial score (nSPS) is 15.3. The third-order valence-electron chi connectivity index (χ3n) is 3.95. The molecule has 3 aromatic rings. The number of hydrogen-bond acceptors (Lipinski definition) is 8. The number of thioether (sulfide) groups is 1. The molecule has 0 saturated carbocycles. The van der Waals surface area contributed by atoms with E-state index in [0.717, 1.165) is 38.4 Å². The number of anilines is 1. The summed E-state index contributed by atoms with van der Waals surface area (Å²) >= 11 is 3.44. The van der Waals surface area contributed by atoms with E-state index in [2.05, 4.69) is 15.5 Å². The summed E-state index contributed by atoms with van der Waals surface area (Å²) in [6, 6.07) is 11.1. The molecule has 1 aliphatic heterocycles. The van der Waals surface area contributed by atoms with Crippen LogP contribution in [0.2, 0.25) is 0 Å². The van der Waals surface area contributed by atoms with E-state index in [-0.39, 0.29) is 28.6 Å². The van der Waals surface area contributed by atoms with Crippen LogP contribution in [-0.4, -0.2) is 32.2 Å². The second kappa shape index (κ2) is 8.27. The largest absolute Gasteiger partial charge is 0.320 e. The molecule has 4 rings (SSSR count). The average molecular weight is 443 g/mol. The van der Waals surface area contributed by atoms with Crippen molar-refractivity contribution in [1.29, 1.82) is 0 Å². The average Bonchev–Trinajstić information content (AvgIpc) is 3.43. The fourth-order valence-corrected chi connectivity index (χ4v) is 4.79. The first-order valence-electron chi connectivity index (χ1n) is 8.49. The molecule has 1 aromatic carbocycles. The molecule has 0 radical (unpaired) electrons. The first-order chi connectivity index (χ1) is 14.0. The van der Waals surface area contributed by atoms with E-state index in [1.807, 2.05) is 36.6 Å². The zero-order valence-electron chi connectivity index (χ0n) is 15.1. The van der Waals surface area contributed by atoms with E-state index < -0.39 is 0 Å². The molecular weight excluding hydrogens is 428 g/mol. The third kappa shape index (κ3) is 4.44. The number of nitrogens with zero attached hydrogens (tertiary/aromatic N) is 3. The number of benzene rings is 1. The Morgan fingerprint density at radius 2 is 1.97 bits per heavy atom. The first kappa shape index (κ1) is 19.5. The van der Waals surface area contributed by atoms with Gasteiger partial charge in [-0.15, -0.1) is 21.5 Å². The lowest BCUT2D eigenvalue weighted by Gasteiger charge is -2.09. The maximum absolute atomic E-state index is 12.6. The van der Waals surface area contributed by atoms with Crippen molar-refractivity contribution >= 4 is 63.3 Å². The number of rotatable bonds is 5. The number of amides is 3. The summed E-state index contributed by atoms with van der Waals surface area (Å²) in [6.45, 7) is 1.95. The molecule has 0 bridgehead atoms. The van der Waals surface area contributed by atoms with Crippen molar-refractivity contribution in [3.8, 4) is 0 Å². The summed E-state index contributed by atoms with van der Waals surface area (Å²) in [5.74, 6) is -0.751. The van der Waals surface area contributed by atoms with Crippen LogP contribution in [0, 0.1) is 6.92 Å². The Balaban J connectivity index is 1.43. The van der Waals surface area contributed by atoms with E-state index in [4.69, 9.17) is 0 Å². The molecule has 7 nitrogen and oxygen atoms in total. The molecule has 3 amide bonds. The Labute approximate surface area is 178 Å². The van der Waals surface area contributed by atoms with Crippen LogP contribution < -0.4 is 5.32 Å². The Kier molecular flexibility index (Phi) is 5.56. The van der Waals surface area contributed by atoms with Crippen molar-refractivity contribution in [2.24, 2.45) is 0 Å². The number of aryl methyl sites for hydroxylation is 1. The summed E-state index contributed by atoms with van der Waals surface area (Å²) < 4.78 is 0.